The van der Waals surface area contributed by atoms with Crippen molar-refractivity contribution in [2.45, 2.75) is 19.3 Å². The largest absolute Gasteiger partial charge is 0.497 e. The number of aromatic nitrogens is 1. The van der Waals surface area contributed by atoms with Crippen LogP contribution in [0.1, 0.15) is 18.4 Å². The predicted octanol–water partition coefficient (Wildman–Crippen LogP) is 3.60. The highest BCUT2D eigenvalue weighted by atomic mass is 16.5. The molecule has 2 N–H and O–H groups in total. The van der Waals surface area contributed by atoms with Crippen molar-refractivity contribution in [3.8, 4) is 11.5 Å². The fourth-order valence-corrected chi connectivity index (χ4v) is 4.12. The zero-order valence-corrected chi connectivity index (χ0v) is 17.8. The molecule has 1 saturated heterocycles. The molecule has 0 spiro atoms. The number of aromatic amines is 1. The fourth-order valence-electron chi connectivity index (χ4n) is 4.12. The van der Waals surface area contributed by atoms with Crippen LogP contribution >= 0.6 is 0 Å². The van der Waals surface area contributed by atoms with E-state index in [1.54, 1.807) is 37.3 Å². The van der Waals surface area contributed by atoms with Crippen LogP contribution in [-0.2, 0) is 16.0 Å². The molecule has 0 aliphatic carbocycles. The van der Waals surface area contributed by atoms with Crippen molar-refractivity contribution < 1.29 is 19.1 Å². The Kier molecular flexibility index (Phi) is 6.11. The van der Waals surface area contributed by atoms with Gasteiger partial charge in [0.2, 0.25) is 11.8 Å². The third-order valence-electron chi connectivity index (χ3n) is 5.83. The lowest BCUT2D eigenvalue weighted by molar-refractivity contribution is -0.133. The molecule has 2 amide bonds. The third-order valence-corrected chi connectivity index (χ3v) is 5.83. The number of anilines is 1. The minimum atomic E-state index is -0.267. The number of benzene rings is 2. The van der Waals surface area contributed by atoms with Crippen molar-refractivity contribution in [1.82, 2.24) is 9.88 Å². The Bertz CT molecular complexity index is 1090. The number of carbonyl (C=O) groups excluding carboxylic acids is 2. The number of nitrogens with one attached hydrogen (secondary N) is 2. The topological polar surface area (TPSA) is 83.7 Å². The number of methoxy groups -OCH3 is 2. The lowest BCUT2D eigenvalue weighted by Crippen LogP contribution is -2.44. The van der Waals surface area contributed by atoms with E-state index < -0.39 is 0 Å². The summed E-state index contributed by atoms with van der Waals surface area (Å²) in [5.74, 6) is 0.862. The number of ether oxygens (including phenoxy) is 2. The number of para-hydroxylation sites is 1. The molecule has 2 aromatic carbocycles. The van der Waals surface area contributed by atoms with Gasteiger partial charge in [0.25, 0.3) is 0 Å². The van der Waals surface area contributed by atoms with Crippen LogP contribution in [0.3, 0.4) is 0 Å². The van der Waals surface area contributed by atoms with E-state index in [9.17, 15) is 9.59 Å². The smallest absolute Gasteiger partial charge is 0.229 e. The number of hydrogen-bond acceptors (Lipinski definition) is 4. The number of likely N-dealkylation sites (tertiary alicyclic amines) is 1. The first-order valence-electron chi connectivity index (χ1n) is 10.4. The highest BCUT2D eigenvalue weighted by Gasteiger charge is 2.29. The Morgan fingerprint density at radius 1 is 1.16 bits per heavy atom. The Labute approximate surface area is 181 Å². The molecule has 1 atom stereocenters. The second-order valence-corrected chi connectivity index (χ2v) is 7.77. The molecule has 162 valence electrons. The standard InChI is InChI=1S/C24H27N3O4/c1-30-18-9-10-22(31-2)21(13-18)26-24(29)16-6-5-11-27(15-16)23(28)12-17-14-25-20-8-4-3-7-19(17)20/h3-4,7-10,13-14,16,25H,5-6,11-12,15H2,1-2H3,(H,26,29)/t16-/m0/s1. The minimum Gasteiger partial charge on any atom is -0.497 e. The van der Waals surface area contributed by atoms with Crippen molar-refractivity contribution in [3.63, 3.8) is 0 Å². The SMILES string of the molecule is COc1ccc(OC)c(NC(=O)[C@H]2CCCN(C(=O)Cc3c[nH]c4ccccc34)C2)c1. The van der Waals surface area contributed by atoms with Gasteiger partial charge in [-0.2, -0.15) is 0 Å². The second kappa shape index (κ2) is 9.12. The van der Waals surface area contributed by atoms with Gasteiger partial charge in [-0.1, -0.05) is 18.2 Å². The van der Waals surface area contributed by atoms with Crippen LogP contribution in [0.25, 0.3) is 10.9 Å². The molecule has 2 heterocycles. The van der Waals surface area contributed by atoms with Gasteiger partial charge in [0.1, 0.15) is 11.5 Å². The average molecular weight is 421 g/mol. The number of amides is 2. The summed E-state index contributed by atoms with van der Waals surface area (Å²) in [5, 5.41) is 4.01. The van der Waals surface area contributed by atoms with Crippen LogP contribution in [0.4, 0.5) is 5.69 Å². The quantitative estimate of drug-likeness (QED) is 0.637. The first kappa shape index (κ1) is 20.8. The Hall–Kier alpha value is -3.48. The molecular formula is C24H27N3O4. The van der Waals surface area contributed by atoms with Gasteiger partial charge in [-0.25, -0.2) is 0 Å². The summed E-state index contributed by atoms with van der Waals surface area (Å²) in [7, 11) is 3.13. The molecule has 7 nitrogen and oxygen atoms in total. The normalized spacial score (nSPS) is 16.2. The van der Waals surface area contributed by atoms with E-state index in [2.05, 4.69) is 10.3 Å². The van der Waals surface area contributed by atoms with Crippen molar-refractivity contribution >= 4 is 28.4 Å². The maximum absolute atomic E-state index is 13.0. The van der Waals surface area contributed by atoms with Crippen LogP contribution in [0.5, 0.6) is 11.5 Å². The Morgan fingerprint density at radius 2 is 2.00 bits per heavy atom. The number of H-pyrrole nitrogens is 1. The molecule has 31 heavy (non-hydrogen) atoms. The molecule has 1 aliphatic rings. The molecule has 7 heteroatoms. The van der Waals surface area contributed by atoms with Gasteiger partial charge < -0.3 is 24.7 Å². The third kappa shape index (κ3) is 4.50. The Morgan fingerprint density at radius 3 is 2.81 bits per heavy atom. The summed E-state index contributed by atoms with van der Waals surface area (Å²) in [4.78, 5) is 30.9. The molecule has 3 aromatic rings. The molecule has 0 saturated carbocycles. The predicted molar refractivity (Wildman–Crippen MR) is 119 cm³/mol. The van der Waals surface area contributed by atoms with Crippen molar-refractivity contribution in [2.75, 3.05) is 32.6 Å². The summed E-state index contributed by atoms with van der Waals surface area (Å²) in [6, 6.07) is 13.2. The molecular weight excluding hydrogens is 394 g/mol. The van der Waals surface area contributed by atoms with E-state index >= 15 is 0 Å². The van der Waals surface area contributed by atoms with Crippen molar-refractivity contribution in [2.24, 2.45) is 5.92 Å². The van der Waals surface area contributed by atoms with E-state index in [0.29, 0.717) is 36.7 Å². The number of nitrogens with zero attached hydrogens (tertiary/aromatic N) is 1. The summed E-state index contributed by atoms with van der Waals surface area (Å²) >= 11 is 0. The molecule has 1 aromatic heterocycles. The van der Waals surface area contributed by atoms with Gasteiger partial charge >= 0.3 is 0 Å². The monoisotopic (exact) mass is 421 g/mol. The van der Waals surface area contributed by atoms with E-state index in [-0.39, 0.29) is 17.7 Å². The number of piperidine rings is 1. The maximum Gasteiger partial charge on any atom is 0.229 e. The van der Waals surface area contributed by atoms with E-state index in [1.807, 2.05) is 30.5 Å². The zero-order chi connectivity index (χ0) is 21.8. The minimum absolute atomic E-state index is 0.0428. The van der Waals surface area contributed by atoms with Crippen LogP contribution in [-0.4, -0.2) is 49.0 Å². The lowest BCUT2D eigenvalue weighted by Gasteiger charge is -2.32. The molecule has 1 aliphatic heterocycles. The van der Waals surface area contributed by atoms with E-state index in [4.69, 9.17) is 9.47 Å². The molecule has 4 rings (SSSR count). The number of carbonyl (C=O) groups is 2. The van der Waals surface area contributed by atoms with Gasteiger partial charge in [-0.3, -0.25) is 9.59 Å². The summed E-state index contributed by atoms with van der Waals surface area (Å²) in [6.45, 7) is 1.09. The molecule has 1 fully saturated rings. The van der Waals surface area contributed by atoms with Gasteiger partial charge in [-0.05, 0) is 36.6 Å². The van der Waals surface area contributed by atoms with Crippen molar-refractivity contribution in [3.05, 3.63) is 54.2 Å². The average Bonchev–Trinajstić information content (AvgIpc) is 3.21. The van der Waals surface area contributed by atoms with Gasteiger partial charge in [0.15, 0.2) is 0 Å². The Balaban J connectivity index is 1.42. The number of rotatable bonds is 6. The van der Waals surface area contributed by atoms with E-state index in [0.717, 1.165) is 29.3 Å². The first-order valence-corrected chi connectivity index (χ1v) is 10.4. The van der Waals surface area contributed by atoms with Crippen LogP contribution < -0.4 is 14.8 Å². The molecule has 0 unspecified atom stereocenters. The summed E-state index contributed by atoms with van der Waals surface area (Å²) in [6.07, 6.45) is 3.76. The second-order valence-electron chi connectivity index (χ2n) is 7.77. The number of fused-ring (bicyclic) bond motifs is 1. The fraction of sp³-hybridized carbons (Fsp3) is 0.333. The van der Waals surface area contributed by atoms with Gasteiger partial charge in [-0.15, -0.1) is 0 Å². The summed E-state index contributed by atoms with van der Waals surface area (Å²) < 4.78 is 10.6. The van der Waals surface area contributed by atoms with E-state index in [1.165, 1.54) is 0 Å². The number of hydrogen-bond donors (Lipinski definition) is 2. The van der Waals surface area contributed by atoms with Crippen LogP contribution in [0, 0.1) is 5.92 Å². The highest BCUT2D eigenvalue weighted by molar-refractivity contribution is 5.95. The molecule has 0 radical (unpaired) electrons. The van der Waals surface area contributed by atoms with Gasteiger partial charge in [0, 0.05) is 36.3 Å². The maximum atomic E-state index is 13.0. The zero-order valence-electron chi connectivity index (χ0n) is 17.8. The van der Waals surface area contributed by atoms with Crippen LogP contribution in [0.2, 0.25) is 0 Å². The van der Waals surface area contributed by atoms with Gasteiger partial charge in [0.05, 0.1) is 32.2 Å². The molecule has 0 bridgehead atoms. The first-order chi connectivity index (χ1) is 15.1. The summed E-state index contributed by atoms with van der Waals surface area (Å²) in [5.41, 5.74) is 2.57. The lowest BCUT2D eigenvalue weighted by atomic mass is 9.96. The van der Waals surface area contributed by atoms with Crippen molar-refractivity contribution in [1.29, 1.82) is 0 Å². The van der Waals surface area contributed by atoms with Crippen LogP contribution in [0.15, 0.2) is 48.7 Å². The highest BCUT2D eigenvalue weighted by Crippen LogP contribution is 2.30.